The maximum atomic E-state index is 15.7. The van der Waals surface area contributed by atoms with Crippen LogP contribution in [0.4, 0.5) is 10.1 Å². The van der Waals surface area contributed by atoms with Crippen LogP contribution >= 0.6 is 31.9 Å². The smallest absolute Gasteiger partial charge is 0.251 e. The molecule has 196 valence electrons. The van der Waals surface area contributed by atoms with Gasteiger partial charge in [0.15, 0.2) is 5.67 Å². The third kappa shape index (κ3) is 4.45. The van der Waals surface area contributed by atoms with E-state index in [1.807, 2.05) is 49.4 Å². The molecule has 4 heterocycles. The lowest BCUT2D eigenvalue weighted by molar-refractivity contribution is -0.145. The number of amides is 2. The first-order chi connectivity index (χ1) is 18.2. The Morgan fingerprint density at radius 1 is 1.16 bits per heavy atom. The number of nitrogens with one attached hydrogen (secondary N) is 1. The molecular weight excluding hydrogens is 619 g/mol. The van der Waals surface area contributed by atoms with Gasteiger partial charge in [-0.2, -0.15) is 0 Å². The zero-order valence-corrected chi connectivity index (χ0v) is 23.8. The number of alkyl halides is 1. The molecule has 1 unspecified atom stereocenters. The van der Waals surface area contributed by atoms with Crippen LogP contribution in [-0.2, 0) is 21.7 Å². The average molecular weight is 644 g/mol. The van der Waals surface area contributed by atoms with E-state index in [9.17, 15) is 9.59 Å². The summed E-state index contributed by atoms with van der Waals surface area (Å²) >= 11 is 6.91. The van der Waals surface area contributed by atoms with Crippen molar-refractivity contribution in [2.45, 2.75) is 37.9 Å². The summed E-state index contributed by atoms with van der Waals surface area (Å²) in [5.74, 6) is -0.226. The molecule has 11 heteroatoms. The summed E-state index contributed by atoms with van der Waals surface area (Å²) in [6.45, 7) is 2.39. The van der Waals surface area contributed by atoms with Gasteiger partial charge in [0.05, 0.1) is 25.7 Å². The fourth-order valence-electron chi connectivity index (χ4n) is 5.36. The first-order valence-electron chi connectivity index (χ1n) is 12.4. The van der Waals surface area contributed by atoms with E-state index < -0.39 is 11.7 Å². The monoisotopic (exact) mass is 642 g/mol. The van der Waals surface area contributed by atoms with Crippen molar-refractivity contribution in [3.8, 4) is 0 Å². The van der Waals surface area contributed by atoms with Gasteiger partial charge in [-0.15, -0.1) is 5.10 Å². The van der Waals surface area contributed by atoms with E-state index in [0.29, 0.717) is 13.0 Å². The summed E-state index contributed by atoms with van der Waals surface area (Å²) in [7, 11) is 0. The first kappa shape index (κ1) is 25.2. The van der Waals surface area contributed by atoms with Gasteiger partial charge in [-0.1, -0.05) is 37.1 Å². The van der Waals surface area contributed by atoms with E-state index in [1.165, 1.54) is 15.8 Å². The molecule has 2 aliphatic rings. The number of nitrogens with zero attached hydrogens (tertiary/aromatic N) is 5. The number of hydrogen-bond donors (Lipinski definition) is 1. The minimum absolute atomic E-state index is 0.0841. The Morgan fingerprint density at radius 3 is 2.66 bits per heavy atom. The number of likely N-dealkylation sites (tertiary alicyclic amines) is 1. The molecule has 1 N–H and O–H groups in total. The van der Waals surface area contributed by atoms with Gasteiger partial charge in [0.25, 0.3) is 5.91 Å². The van der Waals surface area contributed by atoms with Crippen molar-refractivity contribution in [2.75, 3.05) is 24.5 Å². The number of anilines is 1. The summed E-state index contributed by atoms with van der Waals surface area (Å²) in [4.78, 5) is 32.8. The molecule has 2 amide bonds. The summed E-state index contributed by atoms with van der Waals surface area (Å²) in [5.41, 5.74) is 1.99. The fraction of sp³-hybridized carbons (Fsp3) is 0.333. The lowest BCUT2D eigenvalue weighted by Gasteiger charge is -2.43. The minimum Gasteiger partial charge on any atom is -0.358 e. The van der Waals surface area contributed by atoms with Gasteiger partial charge in [-0.3, -0.25) is 9.59 Å². The highest BCUT2D eigenvalue weighted by Gasteiger charge is 2.49. The van der Waals surface area contributed by atoms with Crippen LogP contribution in [0.15, 0.2) is 57.6 Å². The minimum atomic E-state index is -1.78. The van der Waals surface area contributed by atoms with E-state index in [4.69, 9.17) is 0 Å². The number of benzene rings is 2. The number of piperidine rings is 1. The maximum absolute atomic E-state index is 15.7. The van der Waals surface area contributed by atoms with Crippen LogP contribution in [0.2, 0.25) is 0 Å². The number of aromatic amines is 1. The second-order valence-electron chi connectivity index (χ2n) is 10.0. The second-order valence-corrected chi connectivity index (χ2v) is 11.8. The highest BCUT2D eigenvalue weighted by atomic mass is 79.9. The number of halogens is 3. The van der Waals surface area contributed by atoms with Gasteiger partial charge < -0.3 is 14.8 Å². The lowest BCUT2D eigenvalue weighted by atomic mass is 9.92. The Hall–Kier alpha value is -3.05. The van der Waals surface area contributed by atoms with Crippen molar-refractivity contribution in [3.05, 3.63) is 74.6 Å². The predicted octanol–water partition coefficient (Wildman–Crippen LogP) is 5.21. The molecule has 2 aliphatic heterocycles. The van der Waals surface area contributed by atoms with Gasteiger partial charge in [-0.05, 0) is 67.8 Å². The number of aromatic nitrogens is 4. The fourth-order valence-corrected chi connectivity index (χ4v) is 5.98. The van der Waals surface area contributed by atoms with Gasteiger partial charge in [0.2, 0.25) is 5.91 Å². The molecule has 2 fully saturated rings. The summed E-state index contributed by atoms with van der Waals surface area (Å²) in [6, 6.07) is 12.9. The third-order valence-corrected chi connectivity index (χ3v) is 8.50. The van der Waals surface area contributed by atoms with Crippen molar-refractivity contribution in [1.82, 2.24) is 24.9 Å². The highest BCUT2D eigenvalue weighted by molar-refractivity contribution is 9.10. The van der Waals surface area contributed by atoms with Crippen LogP contribution < -0.4 is 4.90 Å². The van der Waals surface area contributed by atoms with Crippen molar-refractivity contribution in [2.24, 2.45) is 0 Å². The Labute approximate surface area is 235 Å². The topological polar surface area (TPSA) is 87.1 Å². The molecule has 0 radical (unpaired) electrons. The molecule has 2 saturated heterocycles. The molecule has 2 aromatic heterocycles. The van der Waals surface area contributed by atoms with E-state index in [1.54, 1.807) is 4.90 Å². The number of aryl methyl sites for hydroxylation is 1. The van der Waals surface area contributed by atoms with Crippen molar-refractivity contribution < 1.29 is 14.0 Å². The Bertz CT molecular complexity index is 1540. The highest BCUT2D eigenvalue weighted by Crippen LogP contribution is 2.37. The van der Waals surface area contributed by atoms with E-state index in [2.05, 4.69) is 47.2 Å². The van der Waals surface area contributed by atoms with Crippen LogP contribution in [0.5, 0.6) is 0 Å². The molecule has 4 aromatic rings. The van der Waals surface area contributed by atoms with Gasteiger partial charge in [0.1, 0.15) is 11.7 Å². The van der Waals surface area contributed by atoms with Gasteiger partial charge in [-0.25, -0.2) is 9.07 Å². The largest absolute Gasteiger partial charge is 0.358 e. The number of carbonyl (C=O) groups is 2. The Balaban J connectivity index is 1.13. The van der Waals surface area contributed by atoms with E-state index in [0.717, 1.165) is 43.2 Å². The number of carbonyl (C=O) groups excluding carboxylic acids is 2. The Kier molecular flexibility index (Phi) is 6.38. The predicted molar refractivity (Wildman–Crippen MR) is 149 cm³/mol. The quantitative estimate of drug-likeness (QED) is 0.324. The number of fused-ring (bicyclic) bond motifs is 1. The SMILES string of the molecule is Cc1[nH]c2ccc(Br)cc2c1CC(=O)N1CC(F)(c2cn(C3CCCN(c4ccc(Br)cc4)C3=O)nn2)C1. The number of H-pyrrole nitrogens is 1. The summed E-state index contributed by atoms with van der Waals surface area (Å²) in [5, 5.41) is 9.18. The van der Waals surface area contributed by atoms with Crippen LogP contribution in [0.1, 0.15) is 35.8 Å². The van der Waals surface area contributed by atoms with Crippen LogP contribution in [0, 0.1) is 6.92 Å². The van der Waals surface area contributed by atoms with E-state index in [-0.39, 0.29) is 37.0 Å². The second kappa shape index (κ2) is 9.60. The molecule has 8 nitrogen and oxygen atoms in total. The van der Waals surface area contributed by atoms with Crippen LogP contribution in [0.25, 0.3) is 10.9 Å². The zero-order valence-electron chi connectivity index (χ0n) is 20.6. The standard InChI is InChI=1S/C27H25Br2FN6O2/c1-16-20(21-11-18(29)6-9-22(21)31-16)12-25(37)34-14-27(30,15-34)24-13-36(33-32-24)23-3-2-10-35(26(23)38)19-7-4-17(28)5-8-19/h4-9,11,13,23,31H,2-3,10,12,14-15H2,1H3. The zero-order chi connectivity index (χ0) is 26.6. The van der Waals surface area contributed by atoms with E-state index >= 15 is 4.39 Å². The maximum Gasteiger partial charge on any atom is 0.251 e. The summed E-state index contributed by atoms with van der Waals surface area (Å²) in [6.07, 6.45) is 3.12. The molecule has 0 saturated carbocycles. The van der Waals surface area contributed by atoms with Crippen LogP contribution in [-0.4, -0.2) is 56.3 Å². The molecule has 0 aliphatic carbocycles. The number of hydrogen-bond acceptors (Lipinski definition) is 4. The molecule has 2 aromatic carbocycles. The first-order valence-corrected chi connectivity index (χ1v) is 14.0. The summed E-state index contributed by atoms with van der Waals surface area (Å²) < 4.78 is 19.1. The van der Waals surface area contributed by atoms with Crippen molar-refractivity contribution >= 4 is 60.3 Å². The molecule has 6 rings (SSSR count). The molecular formula is C27H25Br2FN6O2. The lowest BCUT2D eigenvalue weighted by Crippen LogP contribution is -2.59. The average Bonchev–Trinajstić information content (AvgIpc) is 3.48. The van der Waals surface area contributed by atoms with Crippen molar-refractivity contribution in [1.29, 1.82) is 0 Å². The van der Waals surface area contributed by atoms with Crippen LogP contribution in [0.3, 0.4) is 0 Å². The van der Waals surface area contributed by atoms with Gasteiger partial charge >= 0.3 is 0 Å². The molecule has 1 atom stereocenters. The molecule has 38 heavy (non-hydrogen) atoms. The van der Waals surface area contributed by atoms with Gasteiger partial charge in [0, 0.05) is 37.8 Å². The third-order valence-electron chi connectivity index (χ3n) is 7.48. The number of rotatable bonds is 5. The normalized spacial score (nSPS) is 19.2. The molecule has 0 spiro atoms. The Morgan fingerprint density at radius 2 is 1.89 bits per heavy atom. The van der Waals surface area contributed by atoms with Crippen molar-refractivity contribution in [3.63, 3.8) is 0 Å². The molecule has 0 bridgehead atoms.